The van der Waals surface area contributed by atoms with E-state index in [-0.39, 0.29) is 11.5 Å². The lowest BCUT2D eigenvalue weighted by atomic mass is 10.2. The lowest BCUT2D eigenvalue weighted by Crippen LogP contribution is -2.15. The number of rotatable bonds is 2. The van der Waals surface area contributed by atoms with Gasteiger partial charge >= 0.3 is 0 Å². The third-order valence-corrected chi connectivity index (χ3v) is 1.92. The van der Waals surface area contributed by atoms with E-state index < -0.39 is 0 Å². The van der Waals surface area contributed by atoms with Gasteiger partial charge in [-0.05, 0) is 18.2 Å². The van der Waals surface area contributed by atoms with Crippen molar-refractivity contribution in [3.05, 3.63) is 33.9 Å². The van der Waals surface area contributed by atoms with Crippen LogP contribution in [0.3, 0.4) is 0 Å². The molecule has 14 heavy (non-hydrogen) atoms. The molecule has 1 aliphatic rings. The molecule has 0 saturated heterocycles. The second-order valence-corrected chi connectivity index (χ2v) is 2.97. The Bertz CT molecular complexity index is 364. The molecule has 0 radical (unpaired) electrons. The molecule has 0 saturated carbocycles. The van der Waals surface area contributed by atoms with Crippen LogP contribution in [0.15, 0.2) is 18.2 Å². The standard InChI is InChI=1S/C9H9NO4/c11-10(12)6-7-1-2-8-9(5-7)14-4-3-13-8/h1-2,5H,3-4,6H2. The fraction of sp³-hybridized carbons (Fsp3) is 0.333. The Balaban J connectivity index is 2.24. The molecule has 1 aliphatic heterocycles. The summed E-state index contributed by atoms with van der Waals surface area (Å²) < 4.78 is 10.6. The van der Waals surface area contributed by atoms with Gasteiger partial charge in [-0.25, -0.2) is 0 Å². The van der Waals surface area contributed by atoms with Gasteiger partial charge < -0.3 is 9.47 Å². The number of nitro groups is 1. The van der Waals surface area contributed by atoms with E-state index in [9.17, 15) is 10.1 Å². The van der Waals surface area contributed by atoms with Crippen LogP contribution in [0.5, 0.6) is 11.5 Å². The molecule has 5 nitrogen and oxygen atoms in total. The fourth-order valence-electron chi connectivity index (χ4n) is 1.34. The molecule has 0 spiro atoms. The molecule has 0 fully saturated rings. The zero-order valence-electron chi connectivity index (χ0n) is 7.43. The Labute approximate surface area is 80.4 Å². The summed E-state index contributed by atoms with van der Waals surface area (Å²) in [6, 6.07) is 5.03. The number of nitrogens with zero attached hydrogens (tertiary/aromatic N) is 1. The number of ether oxygens (including phenoxy) is 2. The van der Waals surface area contributed by atoms with Crippen molar-refractivity contribution in [1.82, 2.24) is 0 Å². The van der Waals surface area contributed by atoms with Crippen LogP contribution in [0.2, 0.25) is 0 Å². The summed E-state index contributed by atoms with van der Waals surface area (Å²) >= 11 is 0. The summed E-state index contributed by atoms with van der Waals surface area (Å²) in [5.41, 5.74) is 0.624. The highest BCUT2D eigenvalue weighted by Gasteiger charge is 2.13. The van der Waals surface area contributed by atoms with Crippen molar-refractivity contribution in [2.75, 3.05) is 13.2 Å². The van der Waals surface area contributed by atoms with Crippen LogP contribution in [0.4, 0.5) is 0 Å². The van der Waals surface area contributed by atoms with Crippen LogP contribution < -0.4 is 9.47 Å². The van der Waals surface area contributed by atoms with E-state index in [0.717, 1.165) is 0 Å². The molecule has 0 amide bonds. The van der Waals surface area contributed by atoms with Crippen molar-refractivity contribution in [3.63, 3.8) is 0 Å². The first-order valence-corrected chi connectivity index (χ1v) is 4.26. The molecule has 1 aromatic rings. The largest absolute Gasteiger partial charge is 0.486 e. The topological polar surface area (TPSA) is 61.6 Å². The SMILES string of the molecule is O=[N+]([O-])Cc1ccc2c(c1)OCCO2. The minimum Gasteiger partial charge on any atom is -0.486 e. The van der Waals surface area contributed by atoms with Crippen LogP contribution >= 0.6 is 0 Å². The number of hydrogen-bond acceptors (Lipinski definition) is 4. The van der Waals surface area contributed by atoms with Gasteiger partial charge in [-0.15, -0.1) is 0 Å². The summed E-state index contributed by atoms with van der Waals surface area (Å²) in [5.74, 6) is 1.25. The Morgan fingerprint density at radius 3 is 2.71 bits per heavy atom. The molecule has 1 aromatic carbocycles. The number of hydrogen-bond donors (Lipinski definition) is 0. The second-order valence-electron chi connectivity index (χ2n) is 2.97. The highest BCUT2D eigenvalue weighted by atomic mass is 16.6. The lowest BCUT2D eigenvalue weighted by Gasteiger charge is -2.18. The van der Waals surface area contributed by atoms with Gasteiger partial charge in [-0.1, -0.05) is 0 Å². The molecule has 0 bridgehead atoms. The predicted octanol–water partition coefficient (Wildman–Crippen LogP) is 1.23. The third kappa shape index (κ3) is 1.76. The van der Waals surface area contributed by atoms with E-state index in [4.69, 9.17) is 9.47 Å². The molecule has 2 rings (SSSR count). The van der Waals surface area contributed by atoms with Crippen LogP contribution in [-0.2, 0) is 6.54 Å². The zero-order chi connectivity index (χ0) is 9.97. The summed E-state index contributed by atoms with van der Waals surface area (Å²) in [6.07, 6.45) is 0. The lowest BCUT2D eigenvalue weighted by molar-refractivity contribution is -0.496. The summed E-state index contributed by atoms with van der Waals surface area (Å²) in [5, 5.41) is 10.3. The van der Waals surface area contributed by atoms with Gasteiger partial charge in [0.1, 0.15) is 13.2 Å². The van der Waals surface area contributed by atoms with Gasteiger partial charge in [0.15, 0.2) is 11.5 Å². The van der Waals surface area contributed by atoms with Crippen molar-refractivity contribution in [2.45, 2.75) is 6.54 Å². The number of benzene rings is 1. The normalized spacial score (nSPS) is 13.7. The molecule has 0 aromatic heterocycles. The molecule has 0 aliphatic carbocycles. The molecule has 1 heterocycles. The monoisotopic (exact) mass is 195 g/mol. The highest BCUT2D eigenvalue weighted by molar-refractivity contribution is 5.43. The van der Waals surface area contributed by atoms with E-state index in [2.05, 4.69) is 0 Å². The summed E-state index contributed by atoms with van der Waals surface area (Å²) in [6.45, 7) is 0.840. The molecule has 0 unspecified atom stereocenters. The van der Waals surface area contributed by atoms with Gasteiger partial charge in [-0.2, -0.15) is 0 Å². The van der Waals surface area contributed by atoms with E-state index >= 15 is 0 Å². The maximum Gasteiger partial charge on any atom is 0.229 e. The Morgan fingerprint density at radius 2 is 2.00 bits per heavy atom. The first-order chi connectivity index (χ1) is 6.75. The van der Waals surface area contributed by atoms with Gasteiger partial charge in [-0.3, -0.25) is 10.1 Å². The molecule has 5 heteroatoms. The van der Waals surface area contributed by atoms with Crippen molar-refractivity contribution in [1.29, 1.82) is 0 Å². The maximum atomic E-state index is 10.3. The zero-order valence-corrected chi connectivity index (χ0v) is 7.43. The number of fused-ring (bicyclic) bond motifs is 1. The van der Waals surface area contributed by atoms with E-state index in [1.54, 1.807) is 18.2 Å². The van der Waals surface area contributed by atoms with E-state index in [1.807, 2.05) is 0 Å². The van der Waals surface area contributed by atoms with Crippen LogP contribution in [0, 0.1) is 10.1 Å². The molecule has 0 atom stereocenters. The van der Waals surface area contributed by atoms with Gasteiger partial charge in [0.05, 0.1) is 0 Å². The smallest absolute Gasteiger partial charge is 0.229 e. The van der Waals surface area contributed by atoms with Crippen molar-refractivity contribution < 1.29 is 14.4 Å². The second kappa shape index (κ2) is 3.53. The maximum absolute atomic E-state index is 10.3. The van der Waals surface area contributed by atoms with Crippen molar-refractivity contribution in [2.24, 2.45) is 0 Å². The molecule has 74 valence electrons. The van der Waals surface area contributed by atoms with Gasteiger partial charge in [0, 0.05) is 10.5 Å². The predicted molar refractivity (Wildman–Crippen MR) is 48.1 cm³/mol. The van der Waals surface area contributed by atoms with Gasteiger partial charge in [0.25, 0.3) is 0 Å². The Hall–Kier alpha value is -1.78. The summed E-state index contributed by atoms with van der Waals surface area (Å²) in [4.78, 5) is 9.90. The van der Waals surface area contributed by atoms with Crippen LogP contribution in [-0.4, -0.2) is 18.1 Å². The molecular formula is C9H9NO4. The van der Waals surface area contributed by atoms with E-state index in [0.29, 0.717) is 30.3 Å². The van der Waals surface area contributed by atoms with Crippen molar-refractivity contribution in [3.8, 4) is 11.5 Å². The Kier molecular flexibility index (Phi) is 2.22. The molecule has 0 N–H and O–H groups in total. The highest BCUT2D eigenvalue weighted by Crippen LogP contribution is 2.30. The minimum absolute atomic E-state index is 0.184. The Morgan fingerprint density at radius 1 is 1.29 bits per heavy atom. The van der Waals surface area contributed by atoms with Crippen LogP contribution in [0.1, 0.15) is 5.56 Å². The summed E-state index contributed by atoms with van der Waals surface area (Å²) in [7, 11) is 0. The quantitative estimate of drug-likeness (QED) is 0.526. The van der Waals surface area contributed by atoms with Gasteiger partial charge in [0.2, 0.25) is 6.54 Å². The first kappa shape index (κ1) is 8.80. The van der Waals surface area contributed by atoms with Crippen LogP contribution in [0.25, 0.3) is 0 Å². The molecular weight excluding hydrogens is 186 g/mol. The fourth-order valence-corrected chi connectivity index (χ4v) is 1.34. The van der Waals surface area contributed by atoms with E-state index in [1.165, 1.54) is 0 Å². The average molecular weight is 195 g/mol. The van der Waals surface area contributed by atoms with Crippen molar-refractivity contribution >= 4 is 0 Å². The third-order valence-electron chi connectivity index (χ3n) is 1.92. The average Bonchev–Trinajstić information content (AvgIpc) is 2.17. The first-order valence-electron chi connectivity index (χ1n) is 4.26. The minimum atomic E-state index is -0.370.